The predicted molar refractivity (Wildman–Crippen MR) is 115 cm³/mol. The number of amides is 2. The second-order valence-electron chi connectivity index (χ2n) is 7.81. The molecule has 3 heterocycles. The molecule has 1 N–H and O–H groups in total. The molecule has 0 aliphatic carbocycles. The Morgan fingerprint density at radius 1 is 1.16 bits per heavy atom. The lowest BCUT2D eigenvalue weighted by Crippen LogP contribution is -2.39. The topological polar surface area (TPSA) is 93.0 Å². The molecule has 0 spiro atoms. The third-order valence-electron chi connectivity index (χ3n) is 5.55. The van der Waals surface area contributed by atoms with E-state index in [1.807, 2.05) is 35.2 Å². The summed E-state index contributed by atoms with van der Waals surface area (Å²) in [6.07, 6.45) is 7.62. The van der Waals surface area contributed by atoms with Gasteiger partial charge >= 0.3 is 0 Å². The van der Waals surface area contributed by atoms with E-state index in [4.69, 9.17) is 0 Å². The number of benzene rings is 1. The summed E-state index contributed by atoms with van der Waals surface area (Å²) >= 11 is 0. The SMILES string of the molecule is Cc1nc(C2CCCCN2C(=O)c2cnn(C)c2)ncc1C(=O)NCc1ccccc1. The summed E-state index contributed by atoms with van der Waals surface area (Å²) in [5.74, 6) is 0.303. The Labute approximate surface area is 181 Å². The molecule has 1 aliphatic rings. The number of aromatic nitrogens is 4. The minimum Gasteiger partial charge on any atom is -0.348 e. The van der Waals surface area contributed by atoms with Gasteiger partial charge in [0.1, 0.15) is 0 Å². The second kappa shape index (κ2) is 9.07. The molecule has 8 nitrogen and oxygen atoms in total. The molecule has 3 aromatic rings. The highest BCUT2D eigenvalue weighted by Gasteiger charge is 2.31. The number of likely N-dealkylation sites (tertiary alicyclic amines) is 1. The fraction of sp³-hybridized carbons (Fsp3) is 0.348. The van der Waals surface area contributed by atoms with Gasteiger partial charge in [-0.25, -0.2) is 9.97 Å². The Kier molecular flexibility index (Phi) is 6.06. The molecular formula is C23H26N6O2. The lowest BCUT2D eigenvalue weighted by atomic mass is 10.00. The maximum Gasteiger partial charge on any atom is 0.257 e. The third-order valence-corrected chi connectivity index (χ3v) is 5.55. The van der Waals surface area contributed by atoms with E-state index >= 15 is 0 Å². The Balaban J connectivity index is 1.50. The summed E-state index contributed by atoms with van der Waals surface area (Å²) in [6.45, 7) is 2.90. The molecule has 0 bridgehead atoms. The van der Waals surface area contributed by atoms with E-state index in [0.29, 0.717) is 35.7 Å². The van der Waals surface area contributed by atoms with Crippen molar-refractivity contribution in [1.29, 1.82) is 0 Å². The molecule has 8 heteroatoms. The smallest absolute Gasteiger partial charge is 0.257 e. The molecule has 1 saturated heterocycles. The van der Waals surface area contributed by atoms with E-state index in [0.717, 1.165) is 24.8 Å². The molecule has 0 radical (unpaired) electrons. The van der Waals surface area contributed by atoms with Crippen LogP contribution in [0.1, 0.15) is 63.1 Å². The van der Waals surface area contributed by atoms with Crippen molar-refractivity contribution in [2.24, 2.45) is 7.05 Å². The zero-order valence-corrected chi connectivity index (χ0v) is 17.8. The first-order valence-corrected chi connectivity index (χ1v) is 10.5. The van der Waals surface area contributed by atoms with Crippen molar-refractivity contribution < 1.29 is 9.59 Å². The van der Waals surface area contributed by atoms with Crippen LogP contribution in [0.2, 0.25) is 0 Å². The normalized spacial score (nSPS) is 16.2. The number of carbonyl (C=O) groups is 2. The van der Waals surface area contributed by atoms with Crippen molar-refractivity contribution in [2.75, 3.05) is 6.54 Å². The first kappa shape index (κ1) is 20.7. The maximum atomic E-state index is 13.0. The van der Waals surface area contributed by atoms with Gasteiger partial charge in [-0.15, -0.1) is 0 Å². The summed E-state index contributed by atoms with van der Waals surface area (Å²) in [7, 11) is 1.79. The van der Waals surface area contributed by atoms with E-state index in [1.54, 1.807) is 37.2 Å². The molecule has 0 saturated carbocycles. The molecule has 1 atom stereocenters. The Morgan fingerprint density at radius 3 is 2.68 bits per heavy atom. The minimum absolute atomic E-state index is 0.0660. The zero-order chi connectivity index (χ0) is 21.8. The first-order valence-electron chi connectivity index (χ1n) is 10.5. The molecular weight excluding hydrogens is 392 g/mol. The van der Waals surface area contributed by atoms with Gasteiger partial charge in [-0.3, -0.25) is 14.3 Å². The monoisotopic (exact) mass is 418 g/mol. The number of aryl methyl sites for hydroxylation is 2. The number of rotatable bonds is 5. The molecule has 1 unspecified atom stereocenters. The van der Waals surface area contributed by atoms with Crippen molar-refractivity contribution in [3.8, 4) is 0 Å². The van der Waals surface area contributed by atoms with Gasteiger partial charge in [0.2, 0.25) is 0 Å². The molecule has 1 fully saturated rings. The van der Waals surface area contributed by atoms with Crippen molar-refractivity contribution in [2.45, 2.75) is 38.8 Å². The number of piperidine rings is 1. The van der Waals surface area contributed by atoms with Gasteiger partial charge in [-0.2, -0.15) is 5.10 Å². The summed E-state index contributed by atoms with van der Waals surface area (Å²) in [5, 5.41) is 7.02. The number of hydrogen-bond donors (Lipinski definition) is 1. The van der Waals surface area contributed by atoms with E-state index < -0.39 is 0 Å². The van der Waals surface area contributed by atoms with Crippen molar-refractivity contribution in [1.82, 2.24) is 30.0 Å². The number of nitrogens with one attached hydrogen (secondary N) is 1. The van der Waals surface area contributed by atoms with Crippen LogP contribution in [-0.2, 0) is 13.6 Å². The van der Waals surface area contributed by atoms with Crippen molar-refractivity contribution in [3.05, 3.63) is 77.1 Å². The standard InChI is InChI=1S/C23H26N6O2/c1-16-19(22(30)25-12-17-8-4-3-5-9-17)14-24-21(27-16)20-10-6-7-11-29(20)23(31)18-13-26-28(2)15-18/h3-5,8-9,13-15,20H,6-7,10-12H2,1-2H3,(H,25,30). The zero-order valence-electron chi connectivity index (χ0n) is 17.8. The van der Waals surface area contributed by atoms with Crippen LogP contribution in [0.4, 0.5) is 0 Å². The highest BCUT2D eigenvalue weighted by Crippen LogP contribution is 2.30. The third kappa shape index (κ3) is 4.63. The van der Waals surface area contributed by atoms with Crippen LogP contribution >= 0.6 is 0 Å². The van der Waals surface area contributed by atoms with Gasteiger partial charge in [0.15, 0.2) is 5.82 Å². The van der Waals surface area contributed by atoms with Gasteiger partial charge in [0, 0.05) is 32.5 Å². The van der Waals surface area contributed by atoms with Crippen LogP contribution in [0.25, 0.3) is 0 Å². The van der Waals surface area contributed by atoms with Crippen LogP contribution < -0.4 is 5.32 Å². The average molecular weight is 419 g/mol. The van der Waals surface area contributed by atoms with Gasteiger partial charge < -0.3 is 10.2 Å². The average Bonchev–Trinajstić information content (AvgIpc) is 3.24. The van der Waals surface area contributed by atoms with Crippen LogP contribution in [0.5, 0.6) is 0 Å². The van der Waals surface area contributed by atoms with Crippen molar-refractivity contribution >= 4 is 11.8 Å². The van der Waals surface area contributed by atoms with Crippen LogP contribution in [-0.4, -0.2) is 43.0 Å². The second-order valence-corrected chi connectivity index (χ2v) is 7.81. The molecule has 160 valence electrons. The van der Waals surface area contributed by atoms with Crippen LogP contribution in [0.3, 0.4) is 0 Å². The largest absolute Gasteiger partial charge is 0.348 e. The number of carbonyl (C=O) groups excluding carboxylic acids is 2. The quantitative estimate of drug-likeness (QED) is 0.688. The molecule has 31 heavy (non-hydrogen) atoms. The van der Waals surface area contributed by atoms with Crippen LogP contribution in [0, 0.1) is 6.92 Å². The Hall–Kier alpha value is -3.55. The number of hydrogen-bond acceptors (Lipinski definition) is 5. The Morgan fingerprint density at radius 2 is 1.97 bits per heavy atom. The molecule has 2 aromatic heterocycles. The summed E-state index contributed by atoms with van der Waals surface area (Å²) < 4.78 is 1.62. The summed E-state index contributed by atoms with van der Waals surface area (Å²) in [6, 6.07) is 9.53. The van der Waals surface area contributed by atoms with Gasteiger partial charge in [-0.05, 0) is 31.7 Å². The molecule has 2 amide bonds. The van der Waals surface area contributed by atoms with Gasteiger partial charge in [-0.1, -0.05) is 30.3 Å². The van der Waals surface area contributed by atoms with E-state index in [2.05, 4.69) is 20.4 Å². The maximum absolute atomic E-state index is 13.0. The van der Waals surface area contributed by atoms with Crippen molar-refractivity contribution in [3.63, 3.8) is 0 Å². The first-order chi connectivity index (χ1) is 15.0. The number of nitrogens with zero attached hydrogens (tertiary/aromatic N) is 5. The fourth-order valence-corrected chi connectivity index (χ4v) is 3.88. The van der Waals surface area contributed by atoms with E-state index in [9.17, 15) is 9.59 Å². The Bertz CT molecular complexity index is 1080. The summed E-state index contributed by atoms with van der Waals surface area (Å²) in [5.41, 5.74) is 2.64. The fourth-order valence-electron chi connectivity index (χ4n) is 3.88. The van der Waals surface area contributed by atoms with Crippen LogP contribution in [0.15, 0.2) is 48.9 Å². The van der Waals surface area contributed by atoms with E-state index in [-0.39, 0.29) is 17.9 Å². The molecule has 1 aliphatic heterocycles. The summed E-state index contributed by atoms with van der Waals surface area (Å²) in [4.78, 5) is 36.6. The highest BCUT2D eigenvalue weighted by molar-refractivity contribution is 5.95. The molecule has 4 rings (SSSR count). The molecule has 1 aromatic carbocycles. The predicted octanol–water partition coefficient (Wildman–Crippen LogP) is 2.82. The highest BCUT2D eigenvalue weighted by atomic mass is 16.2. The van der Waals surface area contributed by atoms with Gasteiger partial charge in [0.25, 0.3) is 11.8 Å². The van der Waals surface area contributed by atoms with Gasteiger partial charge in [0.05, 0.1) is 29.1 Å². The lowest BCUT2D eigenvalue weighted by Gasteiger charge is -2.34. The minimum atomic E-state index is -0.208. The lowest BCUT2D eigenvalue weighted by molar-refractivity contribution is 0.0599. The van der Waals surface area contributed by atoms with E-state index in [1.165, 1.54) is 0 Å².